The standard InChI is InChI=1S/C8H7ClN2O/c9-6-1-5-2-7(4-12)11-8(5)10-3-6/h1-3,12H,4H2,(H,10,11). The summed E-state index contributed by atoms with van der Waals surface area (Å²) in [7, 11) is 0. The molecule has 0 saturated heterocycles. The van der Waals surface area contributed by atoms with Gasteiger partial charge in [0, 0.05) is 17.3 Å². The molecule has 0 radical (unpaired) electrons. The number of fused-ring (bicyclic) bond motifs is 1. The Labute approximate surface area is 74.0 Å². The summed E-state index contributed by atoms with van der Waals surface area (Å²) < 4.78 is 0. The van der Waals surface area contributed by atoms with E-state index in [1.807, 2.05) is 6.07 Å². The number of aromatic nitrogens is 2. The van der Waals surface area contributed by atoms with Crippen molar-refractivity contribution in [1.82, 2.24) is 9.97 Å². The number of aliphatic hydroxyl groups is 1. The molecule has 2 rings (SSSR count). The highest BCUT2D eigenvalue weighted by Crippen LogP contribution is 2.17. The Bertz CT molecular complexity index is 410. The zero-order chi connectivity index (χ0) is 8.55. The van der Waals surface area contributed by atoms with Crippen LogP contribution in [0, 0.1) is 0 Å². The van der Waals surface area contributed by atoms with Crippen LogP contribution in [0.5, 0.6) is 0 Å². The second-order valence-electron chi connectivity index (χ2n) is 2.54. The fourth-order valence-electron chi connectivity index (χ4n) is 1.13. The van der Waals surface area contributed by atoms with E-state index in [0.29, 0.717) is 5.02 Å². The van der Waals surface area contributed by atoms with Crippen molar-refractivity contribution in [2.45, 2.75) is 6.61 Å². The Kier molecular flexibility index (Phi) is 1.75. The Hall–Kier alpha value is -1.06. The number of hydrogen-bond donors (Lipinski definition) is 2. The first-order valence-electron chi connectivity index (χ1n) is 3.53. The van der Waals surface area contributed by atoms with Crippen LogP contribution in [0.3, 0.4) is 0 Å². The number of aliphatic hydroxyl groups excluding tert-OH is 1. The van der Waals surface area contributed by atoms with Crippen LogP contribution in [-0.2, 0) is 6.61 Å². The van der Waals surface area contributed by atoms with Crippen LogP contribution >= 0.6 is 11.6 Å². The molecule has 0 aliphatic carbocycles. The average Bonchev–Trinajstić information content (AvgIpc) is 2.46. The van der Waals surface area contributed by atoms with Gasteiger partial charge in [0.2, 0.25) is 0 Å². The van der Waals surface area contributed by atoms with Crippen molar-refractivity contribution >= 4 is 22.6 Å². The zero-order valence-electron chi connectivity index (χ0n) is 6.21. The normalized spacial score (nSPS) is 10.8. The van der Waals surface area contributed by atoms with Gasteiger partial charge in [0.1, 0.15) is 5.65 Å². The molecule has 2 N–H and O–H groups in total. The summed E-state index contributed by atoms with van der Waals surface area (Å²) in [6.07, 6.45) is 1.57. The van der Waals surface area contributed by atoms with Gasteiger partial charge in [0.05, 0.1) is 11.6 Å². The molecule has 2 aromatic heterocycles. The lowest BCUT2D eigenvalue weighted by Crippen LogP contribution is -1.80. The van der Waals surface area contributed by atoms with Gasteiger partial charge in [-0.05, 0) is 12.1 Å². The predicted octanol–water partition coefficient (Wildman–Crippen LogP) is 1.71. The first kappa shape index (κ1) is 7.58. The number of H-pyrrole nitrogens is 1. The van der Waals surface area contributed by atoms with Crippen molar-refractivity contribution in [3.8, 4) is 0 Å². The van der Waals surface area contributed by atoms with E-state index in [9.17, 15) is 0 Å². The minimum atomic E-state index is -0.00597. The summed E-state index contributed by atoms with van der Waals surface area (Å²) in [5, 5.41) is 10.3. The van der Waals surface area contributed by atoms with E-state index in [-0.39, 0.29) is 6.61 Å². The lowest BCUT2D eigenvalue weighted by molar-refractivity contribution is 0.278. The minimum absolute atomic E-state index is 0.00597. The molecule has 0 fully saturated rings. The van der Waals surface area contributed by atoms with E-state index >= 15 is 0 Å². The van der Waals surface area contributed by atoms with E-state index in [4.69, 9.17) is 16.7 Å². The lowest BCUT2D eigenvalue weighted by Gasteiger charge is -1.88. The van der Waals surface area contributed by atoms with Gasteiger partial charge in [-0.3, -0.25) is 0 Å². The summed E-state index contributed by atoms with van der Waals surface area (Å²) in [5.74, 6) is 0. The molecule has 4 heteroatoms. The molecule has 0 aliphatic rings. The van der Waals surface area contributed by atoms with Gasteiger partial charge >= 0.3 is 0 Å². The smallest absolute Gasteiger partial charge is 0.137 e. The van der Waals surface area contributed by atoms with Crippen molar-refractivity contribution in [1.29, 1.82) is 0 Å². The predicted molar refractivity (Wildman–Crippen MR) is 47.0 cm³/mol. The summed E-state index contributed by atoms with van der Waals surface area (Å²) in [5.41, 5.74) is 1.50. The lowest BCUT2D eigenvalue weighted by atomic mass is 10.3. The maximum atomic E-state index is 8.82. The van der Waals surface area contributed by atoms with Crippen LogP contribution < -0.4 is 0 Å². The Morgan fingerprint density at radius 1 is 1.50 bits per heavy atom. The van der Waals surface area contributed by atoms with Crippen molar-refractivity contribution in [3.63, 3.8) is 0 Å². The third-order valence-corrected chi connectivity index (χ3v) is 1.87. The molecular formula is C8H7ClN2O. The topological polar surface area (TPSA) is 48.9 Å². The fourth-order valence-corrected chi connectivity index (χ4v) is 1.30. The monoisotopic (exact) mass is 182 g/mol. The maximum absolute atomic E-state index is 8.82. The Balaban J connectivity index is 2.67. The average molecular weight is 183 g/mol. The molecule has 0 unspecified atom stereocenters. The van der Waals surface area contributed by atoms with Gasteiger partial charge in [-0.25, -0.2) is 4.98 Å². The molecular weight excluding hydrogens is 176 g/mol. The highest BCUT2D eigenvalue weighted by Gasteiger charge is 2.00. The highest BCUT2D eigenvalue weighted by atomic mass is 35.5. The third-order valence-electron chi connectivity index (χ3n) is 1.66. The van der Waals surface area contributed by atoms with Gasteiger partial charge in [0.15, 0.2) is 0 Å². The van der Waals surface area contributed by atoms with Crippen LogP contribution in [0.15, 0.2) is 18.3 Å². The number of rotatable bonds is 1. The first-order chi connectivity index (χ1) is 5.79. The molecule has 0 amide bonds. The molecule has 3 nitrogen and oxygen atoms in total. The Morgan fingerprint density at radius 3 is 3.08 bits per heavy atom. The molecule has 0 aliphatic heterocycles. The van der Waals surface area contributed by atoms with Gasteiger partial charge in [-0.1, -0.05) is 11.6 Å². The van der Waals surface area contributed by atoms with Gasteiger partial charge in [-0.15, -0.1) is 0 Å². The maximum Gasteiger partial charge on any atom is 0.137 e. The van der Waals surface area contributed by atoms with Crippen molar-refractivity contribution in [2.24, 2.45) is 0 Å². The van der Waals surface area contributed by atoms with Crippen molar-refractivity contribution in [3.05, 3.63) is 29.0 Å². The number of hydrogen-bond acceptors (Lipinski definition) is 2. The largest absolute Gasteiger partial charge is 0.390 e. The second-order valence-corrected chi connectivity index (χ2v) is 2.98. The van der Waals surface area contributed by atoms with E-state index in [1.54, 1.807) is 12.3 Å². The molecule has 0 aromatic carbocycles. The molecule has 0 saturated carbocycles. The molecule has 2 heterocycles. The van der Waals surface area contributed by atoms with Crippen molar-refractivity contribution in [2.75, 3.05) is 0 Å². The molecule has 62 valence electrons. The van der Waals surface area contributed by atoms with Crippen LogP contribution in [0.4, 0.5) is 0 Å². The van der Waals surface area contributed by atoms with Gasteiger partial charge in [0.25, 0.3) is 0 Å². The van der Waals surface area contributed by atoms with Crippen LogP contribution in [0.25, 0.3) is 11.0 Å². The summed E-state index contributed by atoms with van der Waals surface area (Å²) in [4.78, 5) is 7.00. The van der Waals surface area contributed by atoms with Crippen LogP contribution in [0.2, 0.25) is 5.02 Å². The fraction of sp³-hybridized carbons (Fsp3) is 0.125. The van der Waals surface area contributed by atoms with E-state index in [2.05, 4.69) is 9.97 Å². The molecule has 0 atom stereocenters. The number of aromatic amines is 1. The first-order valence-corrected chi connectivity index (χ1v) is 3.91. The summed E-state index contributed by atoms with van der Waals surface area (Å²) in [6.45, 7) is -0.00597. The van der Waals surface area contributed by atoms with Crippen LogP contribution in [-0.4, -0.2) is 15.1 Å². The number of pyridine rings is 1. The number of nitrogens with zero attached hydrogens (tertiary/aromatic N) is 1. The zero-order valence-corrected chi connectivity index (χ0v) is 6.97. The van der Waals surface area contributed by atoms with Crippen LogP contribution in [0.1, 0.15) is 5.69 Å². The van der Waals surface area contributed by atoms with Gasteiger partial charge < -0.3 is 10.1 Å². The molecule has 12 heavy (non-hydrogen) atoms. The SMILES string of the molecule is OCc1cc2cc(Cl)cnc2[nH]1. The number of nitrogens with one attached hydrogen (secondary N) is 1. The quantitative estimate of drug-likeness (QED) is 0.706. The van der Waals surface area contributed by atoms with E-state index in [1.165, 1.54) is 0 Å². The summed E-state index contributed by atoms with van der Waals surface area (Å²) in [6, 6.07) is 3.63. The number of halogens is 1. The van der Waals surface area contributed by atoms with E-state index < -0.39 is 0 Å². The van der Waals surface area contributed by atoms with Crippen molar-refractivity contribution < 1.29 is 5.11 Å². The van der Waals surface area contributed by atoms with E-state index in [0.717, 1.165) is 16.7 Å². The second kappa shape index (κ2) is 2.77. The third kappa shape index (κ3) is 1.17. The molecule has 0 bridgehead atoms. The molecule has 2 aromatic rings. The minimum Gasteiger partial charge on any atom is -0.390 e. The molecule has 0 spiro atoms. The highest BCUT2D eigenvalue weighted by molar-refractivity contribution is 6.31. The van der Waals surface area contributed by atoms with Gasteiger partial charge in [-0.2, -0.15) is 0 Å². The summed E-state index contributed by atoms with van der Waals surface area (Å²) >= 11 is 5.73. The Morgan fingerprint density at radius 2 is 2.33 bits per heavy atom.